The number of nitrogens with zero attached hydrogens (tertiary/aromatic N) is 4. The molecule has 0 spiro atoms. The standard InChI is InChI=1S/C15H18N6OS3/c1-3-10(24-15-20-19-14(17)25-15)12(22)18-13-9(6-16)8-4-5-21(2)7-11(8)23-13/h10H,3-5,7H2,1-2H3,(H2,17,19)(H,18,22). The van der Waals surface area contributed by atoms with Crippen LogP contribution in [0, 0.1) is 11.3 Å². The number of aromatic nitrogens is 2. The Balaban J connectivity index is 1.76. The van der Waals surface area contributed by atoms with Crippen LogP contribution in [0.5, 0.6) is 0 Å². The summed E-state index contributed by atoms with van der Waals surface area (Å²) >= 11 is 4.13. The number of carbonyl (C=O) groups excluding carboxylic acids is 1. The van der Waals surface area contributed by atoms with Gasteiger partial charge in [0.05, 0.1) is 10.8 Å². The predicted molar refractivity (Wildman–Crippen MR) is 102 cm³/mol. The average Bonchev–Trinajstić information content (AvgIpc) is 3.14. The van der Waals surface area contributed by atoms with E-state index in [0.717, 1.165) is 30.0 Å². The average molecular weight is 395 g/mol. The molecular weight excluding hydrogens is 376 g/mol. The van der Waals surface area contributed by atoms with Crippen LogP contribution in [0.15, 0.2) is 4.34 Å². The van der Waals surface area contributed by atoms with Crippen LogP contribution >= 0.6 is 34.4 Å². The lowest BCUT2D eigenvalue weighted by Gasteiger charge is -2.21. The van der Waals surface area contributed by atoms with Crippen molar-refractivity contribution >= 4 is 50.5 Å². The van der Waals surface area contributed by atoms with Crippen molar-refractivity contribution in [3.63, 3.8) is 0 Å². The highest BCUT2D eigenvalue weighted by atomic mass is 32.2. The fourth-order valence-electron chi connectivity index (χ4n) is 2.64. The summed E-state index contributed by atoms with van der Waals surface area (Å²) < 4.78 is 0.673. The van der Waals surface area contributed by atoms with Crippen LogP contribution in [-0.2, 0) is 17.8 Å². The van der Waals surface area contributed by atoms with E-state index in [2.05, 4.69) is 33.5 Å². The zero-order valence-corrected chi connectivity index (χ0v) is 16.4. The molecule has 3 rings (SSSR count). The third-order valence-corrected chi connectivity index (χ3v) is 7.26. The lowest BCUT2D eigenvalue weighted by atomic mass is 10.0. The monoisotopic (exact) mass is 394 g/mol. The molecule has 3 N–H and O–H groups in total. The van der Waals surface area contributed by atoms with E-state index in [0.29, 0.717) is 26.5 Å². The maximum absolute atomic E-state index is 12.7. The Morgan fingerprint density at radius 2 is 2.32 bits per heavy atom. The first-order chi connectivity index (χ1) is 12.0. The van der Waals surface area contributed by atoms with Crippen molar-refractivity contribution in [1.82, 2.24) is 15.1 Å². The van der Waals surface area contributed by atoms with Crippen LogP contribution in [0.2, 0.25) is 0 Å². The summed E-state index contributed by atoms with van der Waals surface area (Å²) in [7, 11) is 2.06. The molecule has 1 amide bonds. The van der Waals surface area contributed by atoms with Crippen LogP contribution in [0.1, 0.15) is 29.3 Å². The summed E-state index contributed by atoms with van der Waals surface area (Å²) in [5.74, 6) is -0.121. The van der Waals surface area contributed by atoms with Gasteiger partial charge >= 0.3 is 0 Å². The molecule has 1 unspecified atom stereocenters. The van der Waals surface area contributed by atoms with Gasteiger partial charge in [-0.3, -0.25) is 4.79 Å². The zero-order valence-electron chi connectivity index (χ0n) is 13.9. The van der Waals surface area contributed by atoms with Gasteiger partial charge in [-0.05, 0) is 25.5 Å². The van der Waals surface area contributed by atoms with Crippen molar-refractivity contribution < 1.29 is 4.79 Å². The molecule has 0 aromatic carbocycles. The minimum Gasteiger partial charge on any atom is -0.374 e. The number of hydrogen-bond acceptors (Lipinski definition) is 9. The van der Waals surface area contributed by atoms with E-state index in [1.54, 1.807) is 0 Å². The van der Waals surface area contributed by atoms with Crippen molar-refractivity contribution in [2.45, 2.75) is 35.9 Å². The van der Waals surface area contributed by atoms with Gasteiger partial charge in [0.25, 0.3) is 0 Å². The minimum atomic E-state index is -0.305. The molecular formula is C15H18N6OS3. The maximum atomic E-state index is 12.7. The third-order valence-electron chi connectivity index (χ3n) is 3.92. The minimum absolute atomic E-state index is 0.121. The number of nitriles is 1. The Kier molecular flexibility index (Phi) is 5.58. The molecule has 132 valence electrons. The highest BCUT2D eigenvalue weighted by molar-refractivity contribution is 8.02. The molecule has 1 aliphatic heterocycles. The number of likely N-dealkylation sites (N-methyl/N-ethyl adjacent to an activating group) is 1. The molecule has 25 heavy (non-hydrogen) atoms. The molecule has 10 heteroatoms. The summed E-state index contributed by atoms with van der Waals surface area (Å²) in [6.45, 7) is 3.69. The number of hydrogen-bond donors (Lipinski definition) is 2. The first-order valence-electron chi connectivity index (χ1n) is 7.81. The van der Waals surface area contributed by atoms with Crippen molar-refractivity contribution in [3.05, 3.63) is 16.0 Å². The van der Waals surface area contributed by atoms with Gasteiger partial charge in [0.1, 0.15) is 11.1 Å². The second-order valence-electron chi connectivity index (χ2n) is 5.72. The topological polar surface area (TPSA) is 108 Å². The fraction of sp³-hybridized carbons (Fsp3) is 0.467. The SMILES string of the molecule is CCC(Sc1nnc(N)s1)C(=O)Nc1sc2c(c1C#N)CCN(C)C2. The Bertz CT molecular complexity index is 824. The molecule has 0 fully saturated rings. The molecule has 2 aromatic heterocycles. The first-order valence-corrected chi connectivity index (χ1v) is 10.3. The van der Waals surface area contributed by atoms with E-state index in [1.165, 1.54) is 34.4 Å². The lowest BCUT2D eigenvalue weighted by Crippen LogP contribution is -2.25. The van der Waals surface area contributed by atoms with E-state index >= 15 is 0 Å². The van der Waals surface area contributed by atoms with Crippen LogP contribution in [0.3, 0.4) is 0 Å². The van der Waals surface area contributed by atoms with Crippen LogP contribution < -0.4 is 11.1 Å². The zero-order chi connectivity index (χ0) is 18.0. The maximum Gasteiger partial charge on any atom is 0.238 e. The highest BCUT2D eigenvalue weighted by Gasteiger charge is 2.26. The summed E-state index contributed by atoms with van der Waals surface area (Å²) in [5.41, 5.74) is 7.29. The molecule has 1 atom stereocenters. The van der Waals surface area contributed by atoms with Gasteiger partial charge in [0.2, 0.25) is 11.0 Å². The Morgan fingerprint density at radius 1 is 1.52 bits per heavy atom. The van der Waals surface area contributed by atoms with E-state index in [4.69, 9.17) is 5.73 Å². The number of thiophene rings is 1. The number of fused-ring (bicyclic) bond motifs is 1. The Labute approximate surface area is 158 Å². The van der Waals surface area contributed by atoms with Crippen LogP contribution in [0.4, 0.5) is 10.1 Å². The summed E-state index contributed by atoms with van der Waals surface area (Å²) in [4.78, 5) is 16.1. The Hall–Kier alpha value is -1.67. The van der Waals surface area contributed by atoms with Crippen molar-refractivity contribution in [1.29, 1.82) is 5.26 Å². The van der Waals surface area contributed by atoms with E-state index in [9.17, 15) is 10.1 Å². The van der Waals surface area contributed by atoms with Crippen molar-refractivity contribution in [3.8, 4) is 6.07 Å². The van der Waals surface area contributed by atoms with Crippen LogP contribution in [-0.4, -0.2) is 39.8 Å². The first kappa shape index (κ1) is 18.1. The molecule has 7 nitrogen and oxygen atoms in total. The van der Waals surface area contributed by atoms with Crippen LogP contribution in [0.25, 0.3) is 0 Å². The van der Waals surface area contributed by atoms with Crippen molar-refractivity contribution in [2.75, 3.05) is 24.6 Å². The lowest BCUT2D eigenvalue weighted by molar-refractivity contribution is -0.115. The molecule has 0 saturated carbocycles. The van der Waals surface area contributed by atoms with Gasteiger partial charge < -0.3 is 16.0 Å². The summed E-state index contributed by atoms with van der Waals surface area (Å²) in [6.07, 6.45) is 1.49. The molecule has 0 bridgehead atoms. The van der Waals surface area contributed by atoms with Crippen molar-refractivity contribution in [2.24, 2.45) is 0 Å². The fourth-order valence-corrected chi connectivity index (χ4v) is 5.73. The smallest absolute Gasteiger partial charge is 0.238 e. The second kappa shape index (κ2) is 7.70. The molecule has 0 aliphatic carbocycles. The van der Waals surface area contributed by atoms with Gasteiger partial charge in [-0.1, -0.05) is 30.0 Å². The van der Waals surface area contributed by atoms with Gasteiger partial charge in [-0.2, -0.15) is 5.26 Å². The predicted octanol–water partition coefficient (Wildman–Crippen LogP) is 2.55. The number of thioether (sulfide) groups is 1. The number of nitrogens with one attached hydrogen (secondary N) is 1. The number of carbonyl (C=O) groups is 1. The number of amides is 1. The highest BCUT2D eigenvalue weighted by Crippen LogP contribution is 2.37. The number of nitrogens with two attached hydrogens (primary N) is 1. The molecule has 3 heterocycles. The van der Waals surface area contributed by atoms with E-state index in [-0.39, 0.29) is 11.2 Å². The molecule has 0 radical (unpaired) electrons. The van der Waals surface area contributed by atoms with Gasteiger partial charge in [0, 0.05) is 18.0 Å². The molecule has 1 aliphatic rings. The third kappa shape index (κ3) is 3.95. The van der Waals surface area contributed by atoms with E-state index in [1.807, 2.05) is 6.92 Å². The quantitative estimate of drug-likeness (QED) is 0.750. The number of nitrogen functional groups attached to an aromatic ring is 1. The van der Waals surface area contributed by atoms with Gasteiger partial charge in [-0.15, -0.1) is 21.5 Å². The summed E-state index contributed by atoms with van der Waals surface area (Å²) in [5, 5.41) is 21.0. The van der Waals surface area contributed by atoms with Gasteiger partial charge in [-0.25, -0.2) is 0 Å². The van der Waals surface area contributed by atoms with E-state index < -0.39 is 0 Å². The summed E-state index contributed by atoms with van der Waals surface area (Å²) in [6, 6.07) is 2.27. The van der Waals surface area contributed by atoms with Gasteiger partial charge in [0.15, 0.2) is 4.34 Å². The second-order valence-corrected chi connectivity index (χ2v) is 9.28. The largest absolute Gasteiger partial charge is 0.374 e. The number of rotatable bonds is 5. The normalized spacial score (nSPS) is 15.4. The number of anilines is 2. The Morgan fingerprint density at radius 3 is 2.96 bits per heavy atom. The molecule has 0 saturated heterocycles. The molecule has 2 aromatic rings.